The van der Waals surface area contributed by atoms with E-state index in [4.69, 9.17) is 18.9 Å². The highest BCUT2D eigenvalue weighted by atomic mass is 16.6. The van der Waals surface area contributed by atoms with Crippen molar-refractivity contribution in [3.8, 4) is 0 Å². The highest BCUT2D eigenvalue weighted by Gasteiger charge is 2.50. The number of benzene rings is 1. The van der Waals surface area contributed by atoms with E-state index in [9.17, 15) is 9.59 Å². The summed E-state index contributed by atoms with van der Waals surface area (Å²) in [4.78, 5) is 28.7. The molecular weight excluding hydrogens is 508 g/mol. The Morgan fingerprint density at radius 3 is 1.85 bits per heavy atom. The molecule has 2 aliphatic heterocycles. The quantitative estimate of drug-likeness (QED) is 0.311. The molecule has 0 bridgehead atoms. The molecule has 226 valence electrons. The summed E-state index contributed by atoms with van der Waals surface area (Å²) < 4.78 is 24.0. The predicted octanol–water partition coefficient (Wildman–Crippen LogP) is 6.86. The molecule has 1 atom stereocenters. The molecule has 8 heteroatoms. The second-order valence-electron chi connectivity index (χ2n) is 14.2. The maximum Gasteiger partial charge on any atom is 0.410 e. The molecule has 8 nitrogen and oxygen atoms in total. The van der Waals surface area contributed by atoms with Crippen molar-refractivity contribution in [1.29, 1.82) is 0 Å². The lowest BCUT2D eigenvalue weighted by Crippen LogP contribution is -2.64. The molecule has 2 amide bonds. The standard InChI is InChI=1S/C32H52N2O6/c1-22(2)25-12-14-26(15-13-25)32(37-23(3)4)20-34(21-32)28(36)40-30(9,10)17-16-24(5)38-31(11)18-33(19-31)27(35)39-29(6,7)8/h12-15,22-24H,16-21H2,1-11H3. The molecular formula is C32H52N2O6. The Labute approximate surface area is 241 Å². The number of nitrogens with zero attached hydrogens (tertiary/aromatic N) is 2. The Bertz CT molecular complexity index is 1010. The zero-order valence-electron chi connectivity index (χ0n) is 26.6. The molecule has 3 rings (SSSR count). The van der Waals surface area contributed by atoms with Crippen LogP contribution in [0.2, 0.25) is 0 Å². The van der Waals surface area contributed by atoms with Gasteiger partial charge < -0.3 is 28.7 Å². The van der Waals surface area contributed by atoms with E-state index in [1.807, 2.05) is 62.3 Å². The third-order valence-electron chi connectivity index (χ3n) is 7.42. The predicted molar refractivity (Wildman–Crippen MR) is 157 cm³/mol. The number of amides is 2. The summed E-state index contributed by atoms with van der Waals surface area (Å²) in [5, 5.41) is 0. The van der Waals surface area contributed by atoms with Crippen molar-refractivity contribution < 1.29 is 28.5 Å². The number of hydrogen-bond donors (Lipinski definition) is 0. The average molecular weight is 561 g/mol. The number of hydrogen-bond acceptors (Lipinski definition) is 6. The number of ether oxygens (including phenoxy) is 4. The third kappa shape index (κ3) is 8.35. The van der Waals surface area contributed by atoms with Crippen molar-refractivity contribution in [2.24, 2.45) is 0 Å². The Hall–Kier alpha value is -2.32. The maximum absolute atomic E-state index is 13.1. The van der Waals surface area contributed by atoms with E-state index in [1.54, 1.807) is 9.80 Å². The Morgan fingerprint density at radius 2 is 1.35 bits per heavy atom. The van der Waals surface area contributed by atoms with Gasteiger partial charge in [-0.25, -0.2) is 9.59 Å². The summed E-state index contributed by atoms with van der Waals surface area (Å²) in [5.41, 5.74) is 0.300. The van der Waals surface area contributed by atoms with Crippen molar-refractivity contribution in [2.75, 3.05) is 26.2 Å². The van der Waals surface area contributed by atoms with Gasteiger partial charge in [0.15, 0.2) is 0 Å². The molecule has 0 aliphatic carbocycles. The fourth-order valence-electron chi connectivity index (χ4n) is 5.39. The fourth-order valence-corrected chi connectivity index (χ4v) is 5.39. The van der Waals surface area contributed by atoms with Gasteiger partial charge in [-0.2, -0.15) is 0 Å². The van der Waals surface area contributed by atoms with E-state index >= 15 is 0 Å². The summed E-state index contributed by atoms with van der Waals surface area (Å²) in [6, 6.07) is 8.55. The number of likely N-dealkylation sites (tertiary alicyclic amines) is 2. The van der Waals surface area contributed by atoms with E-state index < -0.39 is 22.4 Å². The lowest BCUT2D eigenvalue weighted by Gasteiger charge is -2.50. The van der Waals surface area contributed by atoms with Gasteiger partial charge in [-0.3, -0.25) is 0 Å². The van der Waals surface area contributed by atoms with Crippen molar-refractivity contribution >= 4 is 12.2 Å². The highest BCUT2D eigenvalue weighted by Crippen LogP contribution is 2.39. The van der Waals surface area contributed by atoms with E-state index in [0.29, 0.717) is 38.5 Å². The van der Waals surface area contributed by atoms with Gasteiger partial charge in [0.25, 0.3) is 0 Å². The van der Waals surface area contributed by atoms with Crippen LogP contribution in [0.5, 0.6) is 0 Å². The monoisotopic (exact) mass is 560 g/mol. The van der Waals surface area contributed by atoms with Crippen LogP contribution in [0.25, 0.3) is 0 Å². The summed E-state index contributed by atoms with van der Waals surface area (Å²) in [5.74, 6) is 0.461. The second-order valence-corrected chi connectivity index (χ2v) is 14.2. The van der Waals surface area contributed by atoms with Gasteiger partial charge in [0.2, 0.25) is 0 Å². The van der Waals surface area contributed by atoms with E-state index in [0.717, 1.165) is 12.0 Å². The first-order valence-electron chi connectivity index (χ1n) is 14.7. The first kappa shape index (κ1) is 32.2. The molecule has 2 aliphatic rings. The van der Waals surface area contributed by atoms with Gasteiger partial charge in [-0.1, -0.05) is 38.1 Å². The molecule has 0 aromatic heterocycles. The molecule has 1 aromatic rings. The second kappa shape index (κ2) is 11.9. The van der Waals surface area contributed by atoms with Gasteiger partial charge in [-0.05, 0) is 92.2 Å². The minimum absolute atomic E-state index is 0.0367. The van der Waals surface area contributed by atoms with Gasteiger partial charge >= 0.3 is 12.2 Å². The summed E-state index contributed by atoms with van der Waals surface area (Å²) in [7, 11) is 0. The molecule has 0 radical (unpaired) electrons. The molecule has 40 heavy (non-hydrogen) atoms. The van der Waals surface area contributed by atoms with Crippen LogP contribution in [0.15, 0.2) is 24.3 Å². The number of carbonyl (C=O) groups excluding carboxylic acids is 2. The Morgan fingerprint density at radius 1 is 0.825 bits per heavy atom. The van der Waals surface area contributed by atoms with E-state index in [1.165, 1.54) is 5.56 Å². The van der Waals surface area contributed by atoms with Crippen LogP contribution in [0.1, 0.15) is 106 Å². The fraction of sp³-hybridized carbons (Fsp3) is 0.750. The van der Waals surface area contributed by atoms with Crippen LogP contribution in [0.3, 0.4) is 0 Å². The first-order valence-corrected chi connectivity index (χ1v) is 14.7. The molecule has 1 aromatic carbocycles. The van der Waals surface area contributed by atoms with Crippen LogP contribution in [-0.2, 0) is 24.5 Å². The third-order valence-corrected chi connectivity index (χ3v) is 7.42. The largest absolute Gasteiger partial charge is 0.444 e. The molecule has 2 fully saturated rings. The molecule has 0 N–H and O–H groups in total. The molecule has 2 saturated heterocycles. The normalized spacial score (nSPS) is 19.2. The van der Waals surface area contributed by atoms with E-state index in [-0.39, 0.29) is 24.4 Å². The Kier molecular flexibility index (Phi) is 9.57. The van der Waals surface area contributed by atoms with Crippen LogP contribution >= 0.6 is 0 Å². The number of carbonyl (C=O) groups is 2. The van der Waals surface area contributed by atoms with Crippen LogP contribution in [0, 0.1) is 0 Å². The van der Waals surface area contributed by atoms with Crippen molar-refractivity contribution in [1.82, 2.24) is 9.80 Å². The summed E-state index contributed by atoms with van der Waals surface area (Å²) >= 11 is 0. The summed E-state index contributed by atoms with van der Waals surface area (Å²) in [6.07, 6.45) is 0.743. The van der Waals surface area contributed by atoms with Crippen molar-refractivity contribution in [2.45, 2.75) is 130 Å². The molecule has 1 unspecified atom stereocenters. The van der Waals surface area contributed by atoms with Crippen molar-refractivity contribution in [3.63, 3.8) is 0 Å². The molecule has 0 spiro atoms. The topological polar surface area (TPSA) is 77.5 Å². The minimum atomic E-state index is -0.645. The zero-order valence-corrected chi connectivity index (χ0v) is 26.6. The zero-order chi connectivity index (χ0) is 30.1. The lowest BCUT2D eigenvalue weighted by atomic mass is 9.84. The van der Waals surface area contributed by atoms with Crippen molar-refractivity contribution in [3.05, 3.63) is 35.4 Å². The SMILES string of the molecule is CC(C)OC1(c2ccc(C(C)C)cc2)CN(C(=O)OC(C)(C)CCC(C)OC2(C)CN(C(=O)OC(C)(C)C)C2)C1. The maximum atomic E-state index is 13.1. The molecule has 2 heterocycles. The highest BCUT2D eigenvalue weighted by molar-refractivity contribution is 5.70. The van der Waals surface area contributed by atoms with Crippen LogP contribution in [-0.4, -0.2) is 77.2 Å². The first-order chi connectivity index (χ1) is 18.3. The smallest absolute Gasteiger partial charge is 0.410 e. The van der Waals surface area contributed by atoms with Gasteiger partial charge in [0.1, 0.15) is 22.4 Å². The van der Waals surface area contributed by atoms with Gasteiger partial charge in [0.05, 0.1) is 38.4 Å². The van der Waals surface area contributed by atoms with Crippen LogP contribution < -0.4 is 0 Å². The van der Waals surface area contributed by atoms with Crippen LogP contribution in [0.4, 0.5) is 9.59 Å². The number of rotatable bonds is 10. The summed E-state index contributed by atoms with van der Waals surface area (Å²) in [6.45, 7) is 23.8. The molecule has 0 saturated carbocycles. The Balaban J connectivity index is 1.47. The minimum Gasteiger partial charge on any atom is -0.444 e. The lowest BCUT2D eigenvalue weighted by molar-refractivity contribution is -0.169. The van der Waals surface area contributed by atoms with Gasteiger partial charge in [0, 0.05) is 0 Å². The van der Waals surface area contributed by atoms with Gasteiger partial charge in [-0.15, -0.1) is 0 Å². The average Bonchev–Trinajstić information content (AvgIpc) is 2.76. The van der Waals surface area contributed by atoms with E-state index in [2.05, 4.69) is 38.1 Å².